The van der Waals surface area contributed by atoms with E-state index < -0.39 is 15.7 Å². The molecule has 0 bridgehead atoms. The molecule has 0 aliphatic heterocycles. The van der Waals surface area contributed by atoms with Crippen molar-refractivity contribution in [3.63, 3.8) is 0 Å². The van der Waals surface area contributed by atoms with Gasteiger partial charge in [-0.3, -0.25) is 0 Å². The fourth-order valence-electron chi connectivity index (χ4n) is 2.60. The Kier molecular flexibility index (Phi) is 8.68. The van der Waals surface area contributed by atoms with Crippen LogP contribution in [0.3, 0.4) is 0 Å². The van der Waals surface area contributed by atoms with E-state index in [9.17, 15) is 12.8 Å². The van der Waals surface area contributed by atoms with E-state index in [0.29, 0.717) is 30.2 Å². The Hall–Kier alpha value is -1.67. The number of benzene rings is 1. The SMILES string of the molecule is CCNC(=NCc1cc(F)ccc1CS(C)(=O)=O)NCC(OC)C(C)(C)C. The van der Waals surface area contributed by atoms with Crippen molar-refractivity contribution in [3.05, 3.63) is 35.1 Å². The Bertz CT molecular complexity index is 743. The number of rotatable bonds is 8. The van der Waals surface area contributed by atoms with Crippen molar-refractivity contribution >= 4 is 15.8 Å². The van der Waals surface area contributed by atoms with Crippen molar-refractivity contribution in [3.8, 4) is 0 Å². The summed E-state index contributed by atoms with van der Waals surface area (Å²) in [6, 6.07) is 4.10. The summed E-state index contributed by atoms with van der Waals surface area (Å²) >= 11 is 0. The molecule has 27 heavy (non-hydrogen) atoms. The van der Waals surface area contributed by atoms with Crippen LogP contribution in [0.15, 0.2) is 23.2 Å². The molecule has 1 unspecified atom stereocenters. The fourth-order valence-corrected chi connectivity index (χ4v) is 3.45. The lowest BCUT2D eigenvalue weighted by Crippen LogP contribution is -2.45. The highest BCUT2D eigenvalue weighted by Gasteiger charge is 2.24. The predicted molar refractivity (Wildman–Crippen MR) is 108 cm³/mol. The molecule has 0 amide bonds. The summed E-state index contributed by atoms with van der Waals surface area (Å²) in [5, 5.41) is 6.37. The maximum atomic E-state index is 13.6. The molecule has 1 rings (SSSR count). The molecule has 1 aromatic carbocycles. The van der Waals surface area contributed by atoms with Crippen molar-refractivity contribution < 1.29 is 17.5 Å². The topological polar surface area (TPSA) is 79.8 Å². The highest BCUT2D eigenvalue weighted by atomic mass is 32.2. The average Bonchev–Trinajstić information content (AvgIpc) is 2.52. The number of methoxy groups -OCH3 is 1. The zero-order valence-corrected chi connectivity index (χ0v) is 17.9. The summed E-state index contributed by atoms with van der Waals surface area (Å²) in [6.07, 6.45) is 1.14. The van der Waals surface area contributed by atoms with Crippen LogP contribution in [0.1, 0.15) is 38.8 Å². The molecule has 2 N–H and O–H groups in total. The van der Waals surface area contributed by atoms with Crippen molar-refractivity contribution in [2.75, 3.05) is 26.5 Å². The summed E-state index contributed by atoms with van der Waals surface area (Å²) in [4.78, 5) is 4.48. The van der Waals surface area contributed by atoms with E-state index >= 15 is 0 Å². The number of hydrogen-bond acceptors (Lipinski definition) is 4. The molecular weight excluding hydrogens is 369 g/mol. The second-order valence-corrected chi connectivity index (χ2v) is 9.79. The highest BCUT2D eigenvalue weighted by molar-refractivity contribution is 7.89. The van der Waals surface area contributed by atoms with Gasteiger partial charge in [-0.25, -0.2) is 17.8 Å². The highest BCUT2D eigenvalue weighted by Crippen LogP contribution is 2.21. The molecule has 0 aliphatic carbocycles. The summed E-state index contributed by atoms with van der Waals surface area (Å²) < 4.78 is 42.4. The van der Waals surface area contributed by atoms with Crippen molar-refractivity contribution in [2.24, 2.45) is 10.4 Å². The average molecular weight is 402 g/mol. The minimum atomic E-state index is -3.22. The third-order valence-electron chi connectivity index (χ3n) is 4.04. The summed E-state index contributed by atoms with van der Waals surface area (Å²) in [6.45, 7) is 9.63. The molecular formula is C19H32FN3O3S. The number of aliphatic imine (C=N–C) groups is 1. The second-order valence-electron chi connectivity index (χ2n) is 7.65. The van der Waals surface area contributed by atoms with E-state index in [1.165, 1.54) is 18.2 Å². The van der Waals surface area contributed by atoms with Crippen LogP contribution in [0.5, 0.6) is 0 Å². The number of nitrogens with one attached hydrogen (secondary N) is 2. The Morgan fingerprint density at radius 3 is 2.44 bits per heavy atom. The second kappa shape index (κ2) is 10.0. The van der Waals surface area contributed by atoms with Crippen LogP contribution >= 0.6 is 0 Å². The van der Waals surface area contributed by atoms with E-state index in [0.717, 1.165) is 6.26 Å². The number of ether oxygens (including phenoxy) is 1. The molecule has 1 atom stereocenters. The van der Waals surface area contributed by atoms with Crippen molar-refractivity contribution in [1.29, 1.82) is 0 Å². The van der Waals surface area contributed by atoms with Crippen LogP contribution in [0.25, 0.3) is 0 Å². The van der Waals surface area contributed by atoms with E-state index in [4.69, 9.17) is 4.74 Å². The van der Waals surface area contributed by atoms with Gasteiger partial charge in [0.1, 0.15) is 5.82 Å². The minimum Gasteiger partial charge on any atom is -0.379 e. The van der Waals surface area contributed by atoms with Gasteiger partial charge in [-0.05, 0) is 35.6 Å². The van der Waals surface area contributed by atoms with Gasteiger partial charge in [-0.1, -0.05) is 26.8 Å². The Morgan fingerprint density at radius 1 is 1.26 bits per heavy atom. The molecule has 0 aromatic heterocycles. The summed E-state index contributed by atoms with van der Waals surface area (Å²) in [7, 11) is -1.55. The van der Waals surface area contributed by atoms with E-state index in [2.05, 4.69) is 36.4 Å². The lowest BCUT2D eigenvalue weighted by molar-refractivity contribution is 0.0205. The van der Waals surface area contributed by atoms with Crippen molar-refractivity contribution in [1.82, 2.24) is 10.6 Å². The van der Waals surface area contributed by atoms with Crippen LogP contribution < -0.4 is 10.6 Å². The fraction of sp³-hybridized carbons (Fsp3) is 0.632. The number of nitrogens with zero attached hydrogens (tertiary/aromatic N) is 1. The molecule has 0 fully saturated rings. The maximum absolute atomic E-state index is 13.6. The van der Waals surface area contributed by atoms with Crippen LogP contribution in [0.2, 0.25) is 0 Å². The van der Waals surface area contributed by atoms with Gasteiger partial charge in [0.25, 0.3) is 0 Å². The molecule has 0 spiro atoms. The van der Waals surface area contributed by atoms with E-state index in [1.54, 1.807) is 7.11 Å². The monoisotopic (exact) mass is 401 g/mol. The molecule has 0 aliphatic rings. The number of halogens is 1. The Labute approximate surface area is 162 Å². The first-order valence-electron chi connectivity index (χ1n) is 8.96. The van der Waals surface area contributed by atoms with Gasteiger partial charge >= 0.3 is 0 Å². The Balaban J connectivity index is 2.96. The van der Waals surface area contributed by atoms with Gasteiger partial charge in [0, 0.05) is 26.5 Å². The number of guanidine groups is 1. The zero-order valence-electron chi connectivity index (χ0n) is 17.1. The van der Waals surface area contributed by atoms with Gasteiger partial charge in [-0.2, -0.15) is 0 Å². The summed E-state index contributed by atoms with van der Waals surface area (Å²) in [5.74, 6) is 0.0127. The van der Waals surface area contributed by atoms with E-state index in [-0.39, 0.29) is 23.8 Å². The first-order chi connectivity index (χ1) is 12.5. The third-order valence-corrected chi connectivity index (χ3v) is 4.88. The van der Waals surface area contributed by atoms with Gasteiger partial charge in [0.2, 0.25) is 0 Å². The molecule has 0 heterocycles. The maximum Gasteiger partial charge on any atom is 0.191 e. The standard InChI is InChI=1S/C19H32FN3O3S/c1-7-21-18(23-12-17(26-5)19(2,3)4)22-11-15-10-16(20)9-8-14(15)13-27(6,24)25/h8-10,17H,7,11-13H2,1-6H3,(H2,21,22,23). The van der Waals surface area contributed by atoms with Crippen LogP contribution in [0, 0.1) is 11.2 Å². The van der Waals surface area contributed by atoms with E-state index in [1.807, 2.05) is 6.92 Å². The lowest BCUT2D eigenvalue weighted by atomic mass is 9.89. The zero-order chi connectivity index (χ0) is 20.7. The first kappa shape index (κ1) is 23.4. The van der Waals surface area contributed by atoms with Gasteiger partial charge < -0.3 is 15.4 Å². The predicted octanol–water partition coefficient (Wildman–Crippen LogP) is 2.49. The molecule has 8 heteroatoms. The molecule has 0 saturated carbocycles. The van der Waals surface area contributed by atoms with Gasteiger partial charge in [-0.15, -0.1) is 0 Å². The number of hydrogen-bond donors (Lipinski definition) is 2. The minimum absolute atomic E-state index is 0.0173. The molecule has 0 saturated heterocycles. The number of sulfone groups is 1. The van der Waals surface area contributed by atoms with Crippen molar-refractivity contribution in [2.45, 2.75) is 46.1 Å². The smallest absolute Gasteiger partial charge is 0.191 e. The normalized spacial score (nSPS) is 14.1. The quantitative estimate of drug-likeness (QED) is 0.517. The van der Waals surface area contributed by atoms with Crippen LogP contribution in [-0.4, -0.2) is 46.9 Å². The molecule has 0 radical (unpaired) electrons. The summed E-state index contributed by atoms with van der Waals surface area (Å²) in [5.41, 5.74) is 1.07. The largest absolute Gasteiger partial charge is 0.379 e. The third kappa shape index (κ3) is 8.71. The molecule has 154 valence electrons. The van der Waals surface area contributed by atoms with Crippen LogP contribution in [0.4, 0.5) is 4.39 Å². The molecule has 6 nitrogen and oxygen atoms in total. The molecule has 1 aromatic rings. The lowest BCUT2D eigenvalue weighted by Gasteiger charge is -2.30. The van der Waals surface area contributed by atoms with Crippen LogP contribution in [-0.2, 0) is 26.9 Å². The van der Waals surface area contributed by atoms with Gasteiger partial charge in [0.05, 0.1) is 18.4 Å². The first-order valence-corrected chi connectivity index (χ1v) is 11.0. The Morgan fingerprint density at radius 2 is 1.93 bits per heavy atom. The van der Waals surface area contributed by atoms with Gasteiger partial charge in [0.15, 0.2) is 15.8 Å².